The maximum atomic E-state index is 12.0. The van der Waals surface area contributed by atoms with Crippen molar-refractivity contribution in [3.8, 4) is 5.75 Å². The molecular formula is C16H18N2O7. The predicted molar refractivity (Wildman–Crippen MR) is 85.1 cm³/mol. The fourth-order valence-electron chi connectivity index (χ4n) is 2.60. The minimum Gasteiger partial charge on any atom is -0.482 e. The Hall–Kier alpha value is -2.46. The first kappa shape index (κ1) is 17.4. The zero-order valence-corrected chi connectivity index (χ0v) is 13.1. The number of aromatic nitrogens is 2. The molecule has 9 nitrogen and oxygen atoms in total. The Morgan fingerprint density at radius 2 is 1.88 bits per heavy atom. The summed E-state index contributed by atoms with van der Waals surface area (Å²) in [6.07, 6.45) is -3.97. The van der Waals surface area contributed by atoms with Crippen LogP contribution in [0.25, 0.3) is 0 Å². The van der Waals surface area contributed by atoms with E-state index in [4.69, 9.17) is 14.6 Å². The van der Waals surface area contributed by atoms with Crippen LogP contribution in [0.5, 0.6) is 5.75 Å². The molecule has 0 radical (unpaired) electrons. The number of rotatable bonds is 5. The van der Waals surface area contributed by atoms with Crippen LogP contribution in [0.15, 0.2) is 46.1 Å². The van der Waals surface area contributed by atoms with Gasteiger partial charge in [-0.05, 0) is 5.56 Å². The molecule has 0 bridgehead atoms. The molecule has 4 N–H and O–H groups in total. The van der Waals surface area contributed by atoms with Gasteiger partial charge in [0.15, 0.2) is 6.23 Å². The number of hydrogen-bond donors (Lipinski definition) is 4. The van der Waals surface area contributed by atoms with Crippen LogP contribution >= 0.6 is 0 Å². The van der Waals surface area contributed by atoms with Crippen LogP contribution < -0.4 is 16.0 Å². The predicted octanol–water partition coefficient (Wildman–Crippen LogP) is -1.27. The minimum atomic E-state index is -1.44. The molecule has 0 saturated carbocycles. The Morgan fingerprint density at radius 3 is 2.52 bits per heavy atom. The van der Waals surface area contributed by atoms with Crippen molar-refractivity contribution in [2.75, 3.05) is 6.61 Å². The van der Waals surface area contributed by atoms with E-state index < -0.39 is 42.4 Å². The Bertz CT molecular complexity index is 832. The summed E-state index contributed by atoms with van der Waals surface area (Å²) in [5.41, 5.74) is -0.719. The molecule has 0 unspecified atom stereocenters. The van der Waals surface area contributed by atoms with E-state index in [0.29, 0.717) is 0 Å². The van der Waals surface area contributed by atoms with Crippen molar-refractivity contribution in [1.29, 1.82) is 0 Å². The smallest absolute Gasteiger partial charge is 0.330 e. The van der Waals surface area contributed by atoms with Crippen LogP contribution in [0.2, 0.25) is 0 Å². The largest absolute Gasteiger partial charge is 0.482 e. The lowest BCUT2D eigenvalue weighted by atomic mass is 10.1. The summed E-state index contributed by atoms with van der Waals surface area (Å²) < 4.78 is 11.7. The van der Waals surface area contributed by atoms with E-state index in [-0.39, 0.29) is 12.4 Å². The van der Waals surface area contributed by atoms with Gasteiger partial charge in [-0.1, -0.05) is 30.3 Å². The summed E-state index contributed by atoms with van der Waals surface area (Å²) in [5, 5.41) is 29.0. The van der Waals surface area contributed by atoms with Crippen molar-refractivity contribution >= 4 is 0 Å². The molecule has 1 aromatic heterocycles. The molecule has 1 fully saturated rings. The van der Waals surface area contributed by atoms with Gasteiger partial charge in [-0.25, -0.2) is 4.79 Å². The Labute approximate surface area is 141 Å². The second kappa shape index (κ2) is 7.19. The zero-order chi connectivity index (χ0) is 18.0. The highest BCUT2D eigenvalue weighted by Gasteiger charge is 2.43. The van der Waals surface area contributed by atoms with Gasteiger partial charge >= 0.3 is 5.69 Å². The SMILES string of the molecule is O=c1[nH]c(=O)n([C@H]2O[C@@H](CO)[C@@H](O)[C@@H]2O)cc1OCc1ccccc1. The molecule has 4 atom stereocenters. The first-order chi connectivity index (χ1) is 12.0. The number of H-pyrrole nitrogens is 1. The monoisotopic (exact) mass is 350 g/mol. The molecule has 9 heteroatoms. The first-order valence-electron chi connectivity index (χ1n) is 7.66. The van der Waals surface area contributed by atoms with Crippen LogP contribution in [-0.2, 0) is 11.3 Å². The van der Waals surface area contributed by atoms with Crippen LogP contribution in [0.1, 0.15) is 11.8 Å². The maximum absolute atomic E-state index is 12.0. The maximum Gasteiger partial charge on any atom is 0.330 e. The van der Waals surface area contributed by atoms with Gasteiger partial charge < -0.3 is 24.8 Å². The number of nitrogens with one attached hydrogen (secondary N) is 1. The molecule has 1 saturated heterocycles. The van der Waals surface area contributed by atoms with E-state index in [1.807, 2.05) is 30.3 Å². The summed E-state index contributed by atoms with van der Waals surface area (Å²) in [5.74, 6) is -0.138. The van der Waals surface area contributed by atoms with Crippen molar-refractivity contribution in [2.24, 2.45) is 0 Å². The second-order valence-electron chi connectivity index (χ2n) is 5.66. The third kappa shape index (κ3) is 3.49. The summed E-state index contributed by atoms with van der Waals surface area (Å²) in [4.78, 5) is 26.0. The number of hydrogen-bond acceptors (Lipinski definition) is 7. The van der Waals surface area contributed by atoms with Gasteiger partial charge in [0, 0.05) is 0 Å². The van der Waals surface area contributed by atoms with Gasteiger partial charge in [-0.3, -0.25) is 14.3 Å². The molecule has 2 heterocycles. The number of aliphatic hydroxyl groups excluding tert-OH is 3. The summed E-state index contributed by atoms with van der Waals surface area (Å²) >= 11 is 0. The number of benzene rings is 1. The van der Waals surface area contributed by atoms with Crippen molar-refractivity contribution in [1.82, 2.24) is 9.55 Å². The topological polar surface area (TPSA) is 134 Å². The highest BCUT2D eigenvalue weighted by atomic mass is 16.6. The van der Waals surface area contributed by atoms with E-state index in [1.54, 1.807) is 0 Å². The quantitative estimate of drug-likeness (QED) is 0.528. The van der Waals surface area contributed by atoms with E-state index in [1.165, 1.54) is 0 Å². The highest BCUT2D eigenvalue weighted by Crippen LogP contribution is 2.28. The number of aromatic amines is 1. The van der Waals surface area contributed by atoms with Crippen LogP contribution in [-0.4, -0.2) is 49.8 Å². The van der Waals surface area contributed by atoms with Crippen LogP contribution in [0, 0.1) is 0 Å². The fourth-order valence-corrected chi connectivity index (χ4v) is 2.60. The Kier molecular flexibility index (Phi) is 5.00. The van der Waals surface area contributed by atoms with Crippen LogP contribution in [0.3, 0.4) is 0 Å². The molecule has 1 aromatic carbocycles. The van der Waals surface area contributed by atoms with Crippen molar-refractivity contribution < 1.29 is 24.8 Å². The van der Waals surface area contributed by atoms with Gasteiger partial charge in [0.1, 0.15) is 24.9 Å². The zero-order valence-electron chi connectivity index (χ0n) is 13.1. The van der Waals surface area contributed by atoms with E-state index >= 15 is 0 Å². The normalized spacial score (nSPS) is 25.9. The van der Waals surface area contributed by atoms with E-state index in [2.05, 4.69) is 4.98 Å². The number of aliphatic hydroxyl groups is 3. The van der Waals surface area contributed by atoms with Gasteiger partial charge in [0.2, 0.25) is 5.75 Å². The lowest BCUT2D eigenvalue weighted by Gasteiger charge is -2.18. The van der Waals surface area contributed by atoms with E-state index in [0.717, 1.165) is 16.3 Å². The lowest BCUT2D eigenvalue weighted by molar-refractivity contribution is -0.0553. The average Bonchev–Trinajstić information content (AvgIpc) is 2.90. The molecule has 2 aromatic rings. The average molecular weight is 350 g/mol. The van der Waals surface area contributed by atoms with Gasteiger partial charge in [-0.2, -0.15) is 0 Å². The first-order valence-corrected chi connectivity index (χ1v) is 7.66. The summed E-state index contributed by atoms with van der Waals surface area (Å²) in [6, 6.07) is 9.12. The molecule has 0 spiro atoms. The van der Waals surface area contributed by atoms with Gasteiger partial charge in [0.05, 0.1) is 12.8 Å². The van der Waals surface area contributed by atoms with Crippen molar-refractivity contribution in [3.63, 3.8) is 0 Å². The molecule has 134 valence electrons. The van der Waals surface area contributed by atoms with Crippen molar-refractivity contribution in [3.05, 3.63) is 62.9 Å². The van der Waals surface area contributed by atoms with Gasteiger partial charge in [0.25, 0.3) is 5.56 Å². The highest BCUT2D eigenvalue weighted by molar-refractivity contribution is 5.17. The third-order valence-electron chi connectivity index (χ3n) is 3.96. The lowest BCUT2D eigenvalue weighted by Crippen LogP contribution is -2.38. The summed E-state index contributed by atoms with van der Waals surface area (Å²) in [7, 11) is 0. The molecule has 0 aliphatic carbocycles. The molecular weight excluding hydrogens is 332 g/mol. The third-order valence-corrected chi connectivity index (χ3v) is 3.96. The van der Waals surface area contributed by atoms with Gasteiger partial charge in [-0.15, -0.1) is 0 Å². The Morgan fingerprint density at radius 1 is 1.16 bits per heavy atom. The van der Waals surface area contributed by atoms with E-state index in [9.17, 15) is 19.8 Å². The molecule has 1 aliphatic heterocycles. The minimum absolute atomic E-state index is 0.109. The number of ether oxygens (including phenoxy) is 2. The van der Waals surface area contributed by atoms with Crippen LogP contribution in [0.4, 0.5) is 0 Å². The fraction of sp³-hybridized carbons (Fsp3) is 0.375. The summed E-state index contributed by atoms with van der Waals surface area (Å²) in [6.45, 7) is -0.414. The van der Waals surface area contributed by atoms with Crippen molar-refractivity contribution in [2.45, 2.75) is 31.1 Å². The molecule has 0 amide bonds. The second-order valence-corrected chi connectivity index (χ2v) is 5.66. The number of nitrogens with zero attached hydrogens (tertiary/aromatic N) is 1. The standard InChI is InChI=1S/C16H18N2O7/c19-7-11-12(20)13(21)15(25-11)18-6-10(14(22)17-16(18)23)24-8-9-4-2-1-3-5-9/h1-6,11-13,15,19-21H,7-8H2,(H,17,22,23)/t11-,12+,13-,15-/m0/s1. The molecule has 25 heavy (non-hydrogen) atoms. The molecule has 3 rings (SSSR count). The molecule has 1 aliphatic rings. The Balaban J connectivity index is 1.86.